The molecule has 1 saturated heterocycles. The Morgan fingerprint density at radius 3 is 2.84 bits per heavy atom. The highest BCUT2D eigenvalue weighted by atomic mass is 19.1. The lowest BCUT2D eigenvalue weighted by molar-refractivity contribution is -0.121. The summed E-state index contributed by atoms with van der Waals surface area (Å²) in [5, 5.41) is 15.5. The Morgan fingerprint density at radius 1 is 1.35 bits per heavy atom. The smallest absolute Gasteiger partial charge is 0.276 e. The molecule has 8 nitrogen and oxygen atoms in total. The number of piperidine rings is 1. The largest absolute Gasteiger partial charge is 0.393 e. The fourth-order valence-electron chi connectivity index (χ4n) is 4.11. The van der Waals surface area contributed by atoms with Crippen LogP contribution < -0.4 is 15.8 Å². The van der Waals surface area contributed by atoms with E-state index in [0.29, 0.717) is 48.4 Å². The maximum Gasteiger partial charge on any atom is 0.276 e. The molecule has 1 aliphatic rings. The van der Waals surface area contributed by atoms with Crippen molar-refractivity contribution < 1.29 is 14.3 Å². The van der Waals surface area contributed by atoms with Crippen LogP contribution in [0.3, 0.4) is 0 Å². The molecule has 1 unspecified atom stereocenters. The highest BCUT2D eigenvalue weighted by molar-refractivity contribution is 5.79. The summed E-state index contributed by atoms with van der Waals surface area (Å²) in [6.45, 7) is 4.83. The van der Waals surface area contributed by atoms with Crippen molar-refractivity contribution in [3.8, 4) is 0 Å². The van der Waals surface area contributed by atoms with Crippen molar-refractivity contribution in [2.45, 2.75) is 45.3 Å². The van der Waals surface area contributed by atoms with Crippen LogP contribution in [0.2, 0.25) is 0 Å². The molecular weight excluding hydrogens is 401 g/mol. The molecule has 0 radical (unpaired) electrons. The average molecular weight is 427 g/mol. The summed E-state index contributed by atoms with van der Waals surface area (Å²) in [7, 11) is 0. The quantitative estimate of drug-likeness (QED) is 0.577. The number of benzene rings is 1. The molecule has 1 aliphatic heterocycles. The van der Waals surface area contributed by atoms with Gasteiger partial charge in [-0.05, 0) is 44.9 Å². The molecule has 1 amide bonds. The van der Waals surface area contributed by atoms with Gasteiger partial charge in [0.25, 0.3) is 5.56 Å². The third-order valence-corrected chi connectivity index (χ3v) is 5.82. The van der Waals surface area contributed by atoms with Gasteiger partial charge in [0, 0.05) is 47.9 Å². The average Bonchev–Trinajstić information content (AvgIpc) is 3.20. The van der Waals surface area contributed by atoms with Crippen molar-refractivity contribution in [1.29, 1.82) is 0 Å². The number of aliphatic hydroxyl groups excluding tert-OH is 1. The number of aromatic nitrogens is 3. The van der Waals surface area contributed by atoms with E-state index < -0.39 is 6.04 Å². The third-order valence-electron chi connectivity index (χ3n) is 5.82. The first-order valence-corrected chi connectivity index (χ1v) is 10.4. The molecule has 164 valence electrons. The molecule has 3 aromatic rings. The van der Waals surface area contributed by atoms with Gasteiger partial charge in [-0.2, -0.15) is 0 Å². The summed E-state index contributed by atoms with van der Waals surface area (Å²) in [6, 6.07) is 5.77. The monoisotopic (exact) mass is 427 g/mol. The summed E-state index contributed by atoms with van der Waals surface area (Å²) in [6.07, 6.45) is 2.47. The Kier molecular flexibility index (Phi) is 5.77. The summed E-state index contributed by atoms with van der Waals surface area (Å²) >= 11 is 0. The van der Waals surface area contributed by atoms with Crippen molar-refractivity contribution in [1.82, 2.24) is 19.9 Å². The lowest BCUT2D eigenvalue weighted by Gasteiger charge is -2.34. The molecule has 1 aromatic carbocycles. The second kappa shape index (κ2) is 8.50. The molecule has 9 heteroatoms. The number of carbonyl (C=O) groups is 1. The maximum atomic E-state index is 14.0. The summed E-state index contributed by atoms with van der Waals surface area (Å²) in [5.74, 6) is -0.724. The van der Waals surface area contributed by atoms with Crippen molar-refractivity contribution >= 4 is 17.2 Å². The van der Waals surface area contributed by atoms with Crippen LogP contribution in [0, 0.1) is 12.7 Å². The van der Waals surface area contributed by atoms with E-state index in [2.05, 4.69) is 20.3 Å². The zero-order chi connectivity index (χ0) is 22.1. The van der Waals surface area contributed by atoms with Crippen LogP contribution >= 0.6 is 0 Å². The molecule has 3 heterocycles. The summed E-state index contributed by atoms with van der Waals surface area (Å²) in [5.41, 5.74) is 2.51. The lowest BCUT2D eigenvalue weighted by atomic mass is 10.0. The first-order chi connectivity index (χ1) is 14.8. The predicted molar refractivity (Wildman–Crippen MR) is 115 cm³/mol. The molecular formula is C22H26FN5O3. The van der Waals surface area contributed by atoms with E-state index in [1.165, 1.54) is 16.6 Å². The molecule has 0 bridgehead atoms. The molecule has 31 heavy (non-hydrogen) atoms. The number of aliphatic hydroxyl groups is 1. The van der Waals surface area contributed by atoms with Gasteiger partial charge < -0.3 is 15.3 Å². The maximum absolute atomic E-state index is 14.0. The second-order valence-corrected chi connectivity index (χ2v) is 8.02. The number of halogens is 1. The Morgan fingerprint density at radius 2 is 2.10 bits per heavy atom. The topological polar surface area (TPSA) is 103 Å². The van der Waals surface area contributed by atoms with Crippen LogP contribution in [0.5, 0.6) is 0 Å². The number of hydrogen-bond donors (Lipinski definition) is 3. The highest BCUT2D eigenvalue weighted by Crippen LogP contribution is 2.29. The Bertz CT molecular complexity index is 1160. The van der Waals surface area contributed by atoms with E-state index in [4.69, 9.17) is 0 Å². The number of hydrogen-bond acceptors (Lipinski definition) is 5. The highest BCUT2D eigenvalue weighted by Gasteiger charge is 2.23. The molecule has 0 spiro atoms. The molecule has 1 fully saturated rings. The van der Waals surface area contributed by atoms with E-state index in [-0.39, 0.29) is 29.8 Å². The zero-order valence-electron chi connectivity index (χ0n) is 17.6. The lowest BCUT2D eigenvalue weighted by Crippen LogP contribution is -2.37. The van der Waals surface area contributed by atoms with Crippen LogP contribution in [-0.4, -0.2) is 44.8 Å². The van der Waals surface area contributed by atoms with Gasteiger partial charge in [-0.1, -0.05) is 0 Å². The minimum absolute atomic E-state index is 0.121. The molecule has 4 rings (SSSR count). The van der Waals surface area contributed by atoms with E-state index >= 15 is 0 Å². The molecule has 0 saturated carbocycles. The molecule has 0 aliphatic carbocycles. The first kappa shape index (κ1) is 21.0. The number of carbonyl (C=O) groups excluding carboxylic acids is 1. The number of nitrogens with one attached hydrogen (secondary N) is 2. The van der Waals surface area contributed by atoms with Crippen molar-refractivity contribution in [3.63, 3.8) is 0 Å². The van der Waals surface area contributed by atoms with Crippen LogP contribution in [0.25, 0.3) is 5.65 Å². The standard InChI is InChI=1S/C22H26FN5O3/c1-13(17-11-15(23)3-4-19(17)27-9-6-16(29)7-10-27)26-21(30)12-18-14(2)25-20-5-8-24-28(20)22(18)31/h3-5,8,11,13,16,24,29H,6-7,9-10,12H2,1-2H3,(H,26,30). The fourth-order valence-corrected chi connectivity index (χ4v) is 4.11. The molecule has 1 atom stereocenters. The van der Waals surface area contributed by atoms with Crippen LogP contribution in [-0.2, 0) is 11.2 Å². The first-order valence-electron chi connectivity index (χ1n) is 10.4. The normalized spacial score (nSPS) is 15.9. The van der Waals surface area contributed by atoms with Gasteiger partial charge in [-0.25, -0.2) is 13.9 Å². The number of fused-ring (bicyclic) bond motifs is 1. The van der Waals surface area contributed by atoms with Gasteiger partial charge in [-0.15, -0.1) is 0 Å². The minimum Gasteiger partial charge on any atom is -0.393 e. The number of aromatic amines is 1. The minimum atomic E-state index is -0.463. The van der Waals surface area contributed by atoms with Gasteiger partial charge in [0.1, 0.15) is 5.82 Å². The fraction of sp³-hybridized carbons (Fsp3) is 0.409. The van der Waals surface area contributed by atoms with Gasteiger partial charge >= 0.3 is 0 Å². The zero-order valence-corrected chi connectivity index (χ0v) is 17.6. The van der Waals surface area contributed by atoms with Crippen molar-refractivity contribution in [2.75, 3.05) is 18.0 Å². The van der Waals surface area contributed by atoms with E-state index in [9.17, 15) is 19.1 Å². The molecule has 3 N–H and O–H groups in total. The van der Waals surface area contributed by atoms with Gasteiger partial charge in [0.2, 0.25) is 5.91 Å². The number of H-pyrrole nitrogens is 1. The van der Waals surface area contributed by atoms with E-state index in [1.807, 2.05) is 0 Å². The molecule has 2 aromatic heterocycles. The second-order valence-electron chi connectivity index (χ2n) is 8.02. The van der Waals surface area contributed by atoms with Crippen molar-refractivity contribution in [3.05, 3.63) is 63.5 Å². The number of anilines is 1. The van der Waals surface area contributed by atoms with E-state index in [0.717, 1.165) is 5.69 Å². The summed E-state index contributed by atoms with van der Waals surface area (Å²) in [4.78, 5) is 31.9. The number of nitrogens with zero attached hydrogens (tertiary/aromatic N) is 3. The number of aryl methyl sites for hydroxylation is 1. The number of amides is 1. The Labute approximate surface area is 178 Å². The predicted octanol–water partition coefficient (Wildman–Crippen LogP) is 1.85. The Balaban J connectivity index is 1.53. The van der Waals surface area contributed by atoms with E-state index in [1.54, 1.807) is 32.2 Å². The summed E-state index contributed by atoms with van der Waals surface area (Å²) < 4.78 is 15.3. The van der Waals surface area contributed by atoms with Gasteiger partial charge in [-0.3, -0.25) is 14.7 Å². The van der Waals surface area contributed by atoms with Crippen LogP contribution in [0.1, 0.15) is 42.6 Å². The Hall–Kier alpha value is -3.20. The van der Waals surface area contributed by atoms with Crippen LogP contribution in [0.4, 0.5) is 10.1 Å². The third kappa shape index (κ3) is 4.32. The van der Waals surface area contributed by atoms with Crippen LogP contribution in [0.15, 0.2) is 35.3 Å². The van der Waals surface area contributed by atoms with Gasteiger partial charge in [0.15, 0.2) is 5.65 Å². The SMILES string of the molecule is Cc1nc2cc[nH]n2c(=O)c1CC(=O)NC(C)c1cc(F)ccc1N1CCC(O)CC1. The van der Waals surface area contributed by atoms with Crippen molar-refractivity contribution in [2.24, 2.45) is 0 Å². The number of rotatable bonds is 5. The van der Waals surface area contributed by atoms with Gasteiger partial charge in [0.05, 0.1) is 18.6 Å².